The van der Waals surface area contributed by atoms with Gasteiger partial charge in [-0.25, -0.2) is 4.39 Å². The van der Waals surface area contributed by atoms with Crippen molar-refractivity contribution in [2.45, 2.75) is 18.5 Å². The van der Waals surface area contributed by atoms with Gasteiger partial charge in [0, 0.05) is 31.5 Å². The SMILES string of the molecule is COc1cc2c(cc1OC)[C@H](C(=O)NCc1ccc(F)cc1)[C@@H](c1cccnc1)N(C)C2=O. The van der Waals surface area contributed by atoms with Crippen LogP contribution < -0.4 is 14.8 Å². The van der Waals surface area contributed by atoms with E-state index in [9.17, 15) is 14.0 Å². The van der Waals surface area contributed by atoms with Crippen molar-refractivity contribution in [2.24, 2.45) is 0 Å². The van der Waals surface area contributed by atoms with Crippen LogP contribution >= 0.6 is 0 Å². The number of ether oxygens (including phenoxy) is 2. The molecule has 1 N–H and O–H groups in total. The zero-order chi connectivity index (χ0) is 23.5. The zero-order valence-corrected chi connectivity index (χ0v) is 18.5. The topological polar surface area (TPSA) is 80.8 Å². The van der Waals surface area contributed by atoms with E-state index in [4.69, 9.17) is 9.47 Å². The van der Waals surface area contributed by atoms with Crippen LogP contribution in [-0.4, -0.2) is 43.0 Å². The number of nitrogens with zero attached hydrogens (tertiary/aromatic N) is 2. The van der Waals surface area contributed by atoms with Crippen LogP contribution in [-0.2, 0) is 11.3 Å². The fourth-order valence-electron chi connectivity index (χ4n) is 4.20. The summed E-state index contributed by atoms with van der Waals surface area (Å²) in [4.78, 5) is 32.6. The molecule has 0 spiro atoms. The smallest absolute Gasteiger partial charge is 0.254 e. The van der Waals surface area contributed by atoms with Crippen molar-refractivity contribution in [2.75, 3.05) is 21.3 Å². The Bertz CT molecular complexity index is 1170. The highest BCUT2D eigenvalue weighted by Crippen LogP contribution is 2.45. The Balaban J connectivity index is 1.78. The molecule has 4 rings (SSSR count). The summed E-state index contributed by atoms with van der Waals surface area (Å²) < 4.78 is 24.1. The van der Waals surface area contributed by atoms with Gasteiger partial charge in [0.15, 0.2) is 11.5 Å². The largest absolute Gasteiger partial charge is 0.493 e. The maximum absolute atomic E-state index is 13.6. The number of nitrogens with one attached hydrogen (secondary N) is 1. The van der Waals surface area contributed by atoms with Crippen molar-refractivity contribution in [3.8, 4) is 11.5 Å². The molecule has 0 radical (unpaired) electrons. The maximum Gasteiger partial charge on any atom is 0.254 e. The first kappa shape index (κ1) is 22.3. The number of pyridine rings is 1. The average molecular weight is 449 g/mol. The minimum atomic E-state index is -0.729. The van der Waals surface area contributed by atoms with Gasteiger partial charge in [0.05, 0.1) is 26.2 Å². The number of hydrogen-bond acceptors (Lipinski definition) is 5. The fraction of sp³-hybridized carbons (Fsp3) is 0.240. The third-order valence-electron chi connectivity index (χ3n) is 5.86. The van der Waals surface area contributed by atoms with E-state index in [1.165, 1.54) is 26.4 Å². The highest BCUT2D eigenvalue weighted by Gasteiger charge is 2.43. The summed E-state index contributed by atoms with van der Waals surface area (Å²) in [7, 11) is 4.66. The molecule has 2 aromatic carbocycles. The number of likely N-dealkylation sites (N-methyl/N-ethyl adjacent to an activating group) is 1. The second kappa shape index (κ2) is 9.28. The Morgan fingerprint density at radius 2 is 1.82 bits per heavy atom. The van der Waals surface area contributed by atoms with Gasteiger partial charge in [-0.2, -0.15) is 0 Å². The second-order valence-electron chi connectivity index (χ2n) is 7.76. The Morgan fingerprint density at radius 1 is 1.12 bits per heavy atom. The second-order valence-corrected chi connectivity index (χ2v) is 7.76. The molecule has 1 aliphatic heterocycles. The molecule has 2 heterocycles. The number of carbonyl (C=O) groups excluding carboxylic acids is 2. The summed E-state index contributed by atoms with van der Waals surface area (Å²) in [6, 6.07) is 12.2. The van der Waals surface area contributed by atoms with Crippen LogP contribution in [0.3, 0.4) is 0 Å². The van der Waals surface area contributed by atoms with Gasteiger partial charge in [0.1, 0.15) is 5.82 Å². The van der Waals surface area contributed by atoms with Crippen molar-refractivity contribution in [3.05, 3.63) is 89.0 Å². The molecule has 0 aliphatic carbocycles. The van der Waals surface area contributed by atoms with Gasteiger partial charge in [-0.1, -0.05) is 18.2 Å². The molecule has 2 atom stereocenters. The molecular weight excluding hydrogens is 425 g/mol. The lowest BCUT2D eigenvalue weighted by molar-refractivity contribution is -0.124. The Hall–Kier alpha value is -3.94. The lowest BCUT2D eigenvalue weighted by Crippen LogP contribution is -2.45. The zero-order valence-electron chi connectivity index (χ0n) is 18.5. The predicted molar refractivity (Wildman–Crippen MR) is 120 cm³/mol. The molecule has 2 amide bonds. The lowest BCUT2D eigenvalue weighted by atomic mass is 9.79. The number of halogens is 1. The van der Waals surface area contributed by atoms with Crippen LogP contribution in [0.4, 0.5) is 4.39 Å². The van der Waals surface area contributed by atoms with Crippen molar-refractivity contribution in [1.82, 2.24) is 15.2 Å². The van der Waals surface area contributed by atoms with Crippen LogP contribution in [0.1, 0.15) is 39.0 Å². The monoisotopic (exact) mass is 449 g/mol. The van der Waals surface area contributed by atoms with Gasteiger partial charge in [-0.3, -0.25) is 14.6 Å². The molecule has 0 saturated carbocycles. The number of methoxy groups -OCH3 is 2. The first-order chi connectivity index (χ1) is 15.9. The Labute approximate surface area is 191 Å². The summed E-state index contributed by atoms with van der Waals surface area (Å²) >= 11 is 0. The van der Waals surface area contributed by atoms with Gasteiger partial charge < -0.3 is 19.7 Å². The Morgan fingerprint density at radius 3 is 2.45 bits per heavy atom. The molecule has 1 aromatic heterocycles. The van der Waals surface area contributed by atoms with E-state index < -0.39 is 12.0 Å². The van der Waals surface area contributed by atoms with Crippen LogP contribution in [0, 0.1) is 5.82 Å². The third-order valence-corrected chi connectivity index (χ3v) is 5.86. The molecule has 7 nitrogen and oxygen atoms in total. The van der Waals surface area contributed by atoms with E-state index >= 15 is 0 Å². The average Bonchev–Trinajstić information content (AvgIpc) is 2.85. The van der Waals surface area contributed by atoms with Crippen molar-refractivity contribution in [1.29, 1.82) is 0 Å². The van der Waals surface area contributed by atoms with Crippen LogP contribution in [0.2, 0.25) is 0 Å². The molecule has 33 heavy (non-hydrogen) atoms. The first-order valence-electron chi connectivity index (χ1n) is 10.4. The minimum Gasteiger partial charge on any atom is -0.493 e. The highest BCUT2D eigenvalue weighted by atomic mass is 19.1. The van der Waals surface area contributed by atoms with Crippen LogP contribution in [0.15, 0.2) is 60.9 Å². The summed E-state index contributed by atoms with van der Waals surface area (Å²) in [5.74, 6) is -0.752. The summed E-state index contributed by atoms with van der Waals surface area (Å²) in [5.41, 5.74) is 2.41. The number of hydrogen-bond donors (Lipinski definition) is 1. The molecule has 0 fully saturated rings. The van der Waals surface area contributed by atoms with Gasteiger partial charge in [0.2, 0.25) is 5.91 Å². The van der Waals surface area contributed by atoms with Gasteiger partial charge in [-0.05, 0) is 47.0 Å². The number of aromatic nitrogens is 1. The van der Waals surface area contributed by atoms with E-state index in [-0.39, 0.29) is 24.2 Å². The molecule has 0 saturated heterocycles. The quantitative estimate of drug-likeness (QED) is 0.623. The third kappa shape index (κ3) is 4.24. The summed E-state index contributed by atoms with van der Waals surface area (Å²) in [6.07, 6.45) is 3.29. The predicted octanol–water partition coefficient (Wildman–Crippen LogP) is 3.46. The van der Waals surface area contributed by atoms with Crippen LogP contribution in [0.25, 0.3) is 0 Å². The molecule has 0 unspecified atom stereocenters. The van der Waals surface area contributed by atoms with E-state index in [1.54, 1.807) is 54.7 Å². The number of amides is 2. The molecule has 0 bridgehead atoms. The number of benzene rings is 2. The van der Waals surface area contributed by atoms with Gasteiger partial charge in [0.25, 0.3) is 5.91 Å². The van der Waals surface area contributed by atoms with Gasteiger partial charge in [-0.15, -0.1) is 0 Å². The number of rotatable bonds is 6. The van der Waals surface area contributed by atoms with Crippen molar-refractivity contribution in [3.63, 3.8) is 0 Å². The minimum absolute atomic E-state index is 0.218. The van der Waals surface area contributed by atoms with E-state index in [2.05, 4.69) is 10.3 Å². The highest BCUT2D eigenvalue weighted by molar-refractivity contribution is 6.02. The molecular formula is C25H24FN3O4. The van der Waals surface area contributed by atoms with Crippen molar-refractivity contribution < 1.29 is 23.5 Å². The number of carbonyl (C=O) groups is 2. The van der Waals surface area contributed by atoms with Crippen LogP contribution in [0.5, 0.6) is 11.5 Å². The van der Waals surface area contributed by atoms with E-state index in [1.807, 2.05) is 6.07 Å². The standard InChI is InChI=1S/C25H24FN3O4/c1-29-23(16-5-4-10-27-14-16)22(24(30)28-13-15-6-8-17(26)9-7-15)18-11-20(32-2)21(33-3)12-19(18)25(29)31/h4-12,14,22-23H,13H2,1-3H3,(H,28,30)/t22-,23+/m0/s1. The lowest BCUT2D eigenvalue weighted by Gasteiger charge is -2.40. The Kier molecular flexibility index (Phi) is 6.26. The van der Waals surface area contributed by atoms with Gasteiger partial charge >= 0.3 is 0 Å². The molecule has 8 heteroatoms. The van der Waals surface area contributed by atoms with Crippen molar-refractivity contribution >= 4 is 11.8 Å². The summed E-state index contributed by atoms with van der Waals surface area (Å²) in [5, 5.41) is 2.94. The summed E-state index contributed by atoms with van der Waals surface area (Å²) in [6.45, 7) is 0.218. The molecule has 3 aromatic rings. The van der Waals surface area contributed by atoms with E-state index in [0.29, 0.717) is 22.6 Å². The molecule has 1 aliphatic rings. The fourth-order valence-corrected chi connectivity index (χ4v) is 4.20. The maximum atomic E-state index is 13.6. The normalized spacial score (nSPS) is 17.3. The van der Waals surface area contributed by atoms with E-state index in [0.717, 1.165) is 11.1 Å². The molecule has 170 valence electrons. The number of fused-ring (bicyclic) bond motifs is 1. The first-order valence-corrected chi connectivity index (χ1v) is 10.4.